The normalized spacial score (nSPS) is 9.50. The molecule has 0 spiro atoms. The summed E-state index contributed by atoms with van der Waals surface area (Å²) in [7, 11) is 0. The number of aliphatic hydroxyl groups excluding tert-OH is 1. The summed E-state index contributed by atoms with van der Waals surface area (Å²) in [5, 5.41) is 10.6. The molecule has 12 heavy (non-hydrogen) atoms. The molecule has 1 aromatic rings. The van der Waals surface area contributed by atoms with Gasteiger partial charge in [0.05, 0.1) is 0 Å². The largest absolute Gasteiger partial charge is 0.376 e. The summed E-state index contributed by atoms with van der Waals surface area (Å²) >= 11 is 0. The lowest BCUT2D eigenvalue weighted by Gasteiger charge is -2.00. The Balaban J connectivity index is 2.81. The summed E-state index contributed by atoms with van der Waals surface area (Å²) < 4.78 is 0. The van der Waals surface area contributed by atoms with Crippen LogP contribution in [-0.4, -0.2) is 22.7 Å². The minimum atomic E-state index is -0.380. The van der Waals surface area contributed by atoms with Gasteiger partial charge >= 0.3 is 0 Å². The molecular formula is C8H9N2O2. The van der Waals surface area contributed by atoms with Crippen molar-refractivity contribution in [3.05, 3.63) is 29.6 Å². The Morgan fingerprint density at radius 1 is 1.83 bits per heavy atom. The maximum Gasteiger partial charge on any atom is 0.271 e. The van der Waals surface area contributed by atoms with Crippen LogP contribution in [0.2, 0.25) is 0 Å². The van der Waals surface area contributed by atoms with Crippen LogP contribution in [0.25, 0.3) is 0 Å². The van der Waals surface area contributed by atoms with Crippen molar-refractivity contribution >= 4 is 5.91 Å². The summed E-state index contributed by atoms with van der Waals surface area (Å²) in [6, 6.07) is 4.42. The first-order valence-electron chi connectivity index (χ1n) is 3.47. The highest BCUT2D eigenvalue weighted by Crippen LogP contribution is 1.98. The highest BCUT2D eigenvalue weighted by Gasteiger charge is 2.04. The summed E-state index contributed by atoms with van der Waals surface area (Å²) in [6.07, 6.45) is 1.43. The van der Waals surface area contributed by atoms with Crippen LogP contribution in [-0.2, 0) is 0 Å². The molecule has 0 saturated carbocycles. The van der Waals surface area contributed by atoms with Gasteiger partial charge < -0.3 is 10.4 Å². The quantitative estimate of drug-likeness (QED) is 0.600. The lowest BCUT2D eigenvalue weighted by atomic mass is 10.2. The van der Waals surface area contributed by atoms with Crippen molar-refractivity contribution in [1.29, 1.82) is 0 Å². The zero-order valence-electron chi connectivity index (χ0n) is 6.66. The fraction of sp³-hybridized carbons (Fsp3) is 0.250. The smallest absolute Gasteiger partial charge is 0.271 e. The van der Waals surface area contributed by atoms with Crippen LogP contribution in [0.5, 0.6) is 0 Å². The van der Waals surface area contributed by atoms with E-state index < -0.39 is 0 Å². The third-order valence-electron chi connectivity index (χ3n) is 1.32. The number of hydrogen-bond donors (Lipinski definition) is 2. The molecule has 1 rings (SSSR count). The van der Waals surface area contributed by atoms with E-state index in [1.54, 1.807) is 6.07 Å². The van der Waals surface area contributed by atoms with Crippen LogP contribution >= 0.6 is 0 Å². The second-order valence-corrected chi connectivity index (χ2v) is 2.28. The number of nitrogens with one attached hydrogen (secondary N) is 1. The Bertz CT molecular complexity index is 286. The Labute approximate surface area is 70.3 Å². The Kier molecular flexibility index (Phi) is 2.76. The van der Waals surface area contributed by atoms with Crippen molar-refractivity contribution in [2.24, 2.45) is 0 Å². The van der Waals surface area contributed by atoms with Gasteiger partial charge in [0.1, 0.15) is 12.4 Å². The second kappa shape index (κ2) is 3.82. The minimum absolute atomic E-state index is 0.292. The number of carbonyl (C=O) groups is 1. The number of aromatic nitrogens is 1. The first-order chi connectivity index (χ1) is 5.74. The van der Waals surface area contributed by atoms with Gasteiger partial charge in [-0.1, -0.05) is 0 Å². The van der Waals surface area contributed by atoms with Crippen LogP contribution in [0.4, 0.5) is 0 Å². The van der Waals surface area contributed by atoms with Crippen molar-refractivity contribution in [3.63, 3.8) is 0 Å². The molecule has 0 unspecified atom stereocenters. The van der Waals surface area contributed by atoms with E-state index in [-0.39, 0.29) is 12.6 Å². The SMILES string of the molecule is Cc1[c]cnc(C(=O)NCO)c1. The second-order valence-electron chi connectivity index (χ2n) is 2.28. The molecule has 0 aliphatic carbocycles. The van der Waals surface area contributed by atoms with Gasteiger partial charge in [-0.3, -0.25) is 9.78 Å². The molecule has 1 radical (unpaired) electrons. The molecule has 0 bridgehead atoms. The maximum absolute atomic E-state index is 11.0. The molecule has 0 fully saturated rings. The van der Waals surface area contributed by atoms with Gasteiger partial charge in [-0.2, -0.15) is 0 Å². The topological polar surface area (TPSA) is 62.2 Å². The van der Waals surface area contributed by atoms with Gasteiger partial charge in [0.15, 0.2) is 0 Å². The van der Waals surface area contributed by atoms with Gasteiger partial charge in [-0.25, -0.2) is 0 Å². The number of aliphatic hydroxyl groups is 1. The van der Waals surface area contributed by atoms with E-state index in [1.165, 1.54) is 6.20 Å². The Morgan fingerprint density at radius 2 is 2.58 bits per heavy atom. The van der Waals surface area contributed by atoms with Crippen LogP contribution in [0, 0.1) is 13.0 Å². The summed E-state index contributed by atoms with van der Waals surface area (Å²) in [5.74, 6) is -0.380. The van der Waals surface area contributed by atoms with E-state index >= 15 is 0 Å². The van der Waals surface area contributed by atoms with Crippen molar-refractivity contribution in [2.75, 3.05) is 6.73 Å². The summed E-state index contributed by atoms with van der Waals surface area (Å²) in [4.78, 5) is 14.8. The number of aryl methyl sites for hydroxylation is 1. The van der Waals surface area contributed by atoms with Crippen molar-refractivity contribution < 1.29 is 9.90 Å². The predicted molar refractivity (Wildman–Crippen MR) is 42.4 cm³/mol. The van der Waals surface area contributed by atoms with E-state index in [4.69, 9.17) is 5.11 Å². The van der Waals surface area contributed by atoms with E-state index in [1.807, 2.05) is 6.92 Å². The zero-order valence-corrected chi connectivity index (χ0v) is 6.66. The fourth-order valence-corrected chi connectivity index (χ4v) is 0.774. The number of amides is 1. The monoisotopic (exact) mass is 165 g/mol. The molecule has 1 amide bonds. The fourth-order valence-electron chi connectivity index (χ4n) is 0.774. The molecule has 4 heteroatoms. The molecular weight excluding hydrogens is 156 g/mol. The Hall–Kier alpha value is -1.42. The van der Waals surface area contributed by atoms with Crippen molar-refractivity contribution in [3.8, 4) is 0 Å². The molecule has 4 nitrogen and oxygen atoms in total. The maximum atomic E-state index is 11.0. The van der Waals surface area contributed by atoms with Crippen LogP contribution in [0.15, 0.2) is 12.3 Å². The molecule has 1 aromatic heterocycles. The number of rotatable bonds is 2. The van der Waals surface area contributed by atoms with Crippen molar-refractivity contribution in [1.82, 2.24) is 10.3 Å². The van der Waals surface area contributed by atoms with Gasteiger partial charge in [0, 0.05) is 12.3 Å². The zero-order chi connectivity index (χ0) is 8.97. The number of carbonyl (C=O) groups excluding carboxylic acids is 1. The van der Waals surface area contributed by atoms with E-state index in [0.29, 0.717) is 5.69 Å². The third-order valence-corrected chi connectivity index (χ3v) is 1.32. The average molecular weight is 165 g/mol. The van der Waals surface area contributed by atoms with Crippen LogP contribution < -0.4 is 5.32 Å². The molecule has 2 N–H and O–H groups in total. The molecule has 0 saturated heterocycles. The highest BCUT2D eigenvalue weighted by molar-refractivity contribution is 5.92. The summed E-state index contributed by atoms with van der Waals surface area (Å²) in [5.41, 5.74) is 1.13. The molecule has 63 valence electrons. The third kappa shape index (κ3) is 2.03. The van der Waals surface area contributed by atoms with Gasteiger partial charge in [0.25, 0.3) is 5.91 Å². The van der Waals surface area contributed by atoms with Gasteiger partial charge in [0.2, 0.25) is 0 Å². The standard InChI is InChI=1S/C8H9N2O2/c1-6-2-3-9-7(4-6)8(12)10-5-11/h3-4,11H,5H2,1H3,(H,10,12). The predicted octanol–water partition coefficient (Wildman–Crippen LogP) is -0.130. The Morgan fingerprint density at radius 3 is 3.17 bits per heavy atom. The minimum Gasteiger partial charge on any atom is -0.376 e. The van der Waals surface area contributed by atoms with Crippen LogP contribution in [0.1, 0.15) is 16.1 Å². The van der Waals surface area contributed by atoms with Gasteiger partial charge in [-0.05, 0) is 18.6 Å². The summed E-state index contributed by atoms with van der Waals surface area (Å²) in [6.45, 7) is 1.44. The number of pyridine rings is 1. The van der Waals surface area contributed by atoms with Gasteiger partial charge in [-0.15, -0.1) is 0 Å². The highest BCUT2D eigenvalue weighted by atomic mass is 16.3. The van der Waals surface area contributed by atoms with E-state index in [2.05, 4.69) is 16.4 Å². The van der Waals surface area contributed by atoms with Crippen LogP contribution in [0.3, 0.4) is 0 Å². The lowest BCUT2D eigenvalue weighted by molar-refractivity contribution is 0.0905. The lowest BCUT2D eigenvalue weighted by Crippen LogP contribution is -2.24. The van der Waals surface area contributed by atoms with E-state index in [9.17, 15) is 4.79 Å². The van der Waals surface area contributed by atoms with E-state index in [0.717, 1.165) is 5.56 Å². The first kappa shape index (κ1) is 8.67. The first-order valence-corrected chi connectivity index (χ1v) is 3.47. The van der Waals surface area contributed by atoms with Crippen molar-refractivity contribution in [2.45, 2.75) is 6.92 Å². The molecule has 1 heterocycles. The molecule has 0 aliphatic heterocycles. The molecule has 0 atom stereocenters. The molecule has 0 aromatic carbocycles. The molecule has 0 aliphatic rings. The number of nitrogens with zero attached hydrogens (tertiary/aromatic N) is 1. The number of hydrogen-bond acceptors (Lipinski definition) is 3. The average Bonchev–Trinajstić information content (AvgIpc) is 2.05.